The number of nitrogens with zero attached hydrogens (tertiary/aromatic N) is 2. The van der Waals surface area contributed by atoms with E-state index in [9.17, 15) is 5.11 Å². The van der Waals surface area contributed by atoms with Crippen LogP contribution >= 0.6 is 11.6 Å². The van der Waals surface area contributed by atoms with Gasteiger partial charge in [-0.25, -0.2) is 0 Å². The molecule has 0 amide bonds. The fourth-order valence-corrected chi connectivity index (χ4v) is 2.07. The number of aromatic nitrogens is 2. The molecule has 0 fully saturated rings. The molecule has 1 rings (SSSR count). The van der Waals surface area contributed by atoms with Crippen molar-refractivity contribution in [3.05, 3.63) is 16.9 Å². The first-order valence-electron chi connectivity index (χ1n) is 5.42. The van der Waals surface area contributed by atoms with E-state index in [0.717, 1.165) is 0 Å². The van der Waals surface area contributed by atoms with E-state index in [0.29, 0.717) is 17.3 Å². The lowest BCUT2D eigenvalue weighted by molar-refractivity contribution is -0.0625. The van der Waals surface area contributed by atoms with Crippen molar-refractivity contribution in [2.45, 2.75) is 39.8 Å². The van der Waals surface area contributed by atoms with Gasteiger partial charge in [0.15, 0.2) is 0 Å². The highest BCUT2D eigenvalue weighted by molar-refractivity contribution is 6.31. The molecule has 0 aliphatic heterocycles. The van der Waals surface area contributed by atoms with Crippen LogP contribution < -0.4 is 5.73 Å². The van der Waals surface area contributed by atoms with E-state index in [2.05, 4.69) is 5.10 Å². The van der Waals surface area contributed by atoms with Crippen LogP contribution in [-0.2, 0) is 12.1 Å². The van der Waals surface area contributed by atoms with E-state index in [1.165, 1.54) is 0 Å². The monoisotopic (exact) mass is 245 g/mol. The van der Waals surface area contributed by atoms with Crippen molar-refractivity contribution in [2.75, 3.05) is 6.54 Å². The molecular formula is C11H20ClN3O. The Bertz CT molecular complexity index is 370. The molecule has 92 valence electrons. The molecule has 0 radical (unpaired) electrons. The van der Waals surface area contributed by atoms with Gasteiger partial charge in [-0.3, -0.25) is 4.68 Å². The van der Waals surface area contributed by atoms with Crippen molar-refractivity contribution in [1.29, 1.82) is 0 Å². The molecule has 5 heteroatoms. The van der Waals surface area contributed by atoms with Gasteiger partial charge in [0.25, 0.3) is 0 Å². The molecule has 0 aliphatic rings. The van der Waals surface area contributed by atoms with Gasteiger partial charge in [0.2, 0.25) is 0 Å². The molecule has 4 nitrogen and oxygen atoms in total. The quantitative estimate of drug-likeness (QED) is 0.853. The summed E-state index contributed by atoms with van der Waals surface area (Å²) in [5, 5.41) is 15.3. The van der Waals surface area contributed by atoms with E-state index in [-0.39, 0.29) is 6.54 Å². The minimum atomic E-state index is -1.17. The Balaban J connectivity index is 3.38. The van der Waals surface area contributed by atoms with Crippen LogP contribution in [-0.4, -0.2) is 21.4 Å². The molecule has 1 aromatic heterocycles. The van der Waals surface area contributed by atoms with Crippen molar-refractivity contribution in [3.63, 3.8) is 0 Å². The van der Waals surface area contributed by atoms with Crippen LogP contribution in [0, 0.1) is 5.41 Å². The highest BCUT2D eigenvalue weighted by Gasteiger charge is 2.44. The lowest BCUT2D eigenvalue weighted by Gasteiger charge is -2.39. The van der Waals surface area contributed by atoms with Crippen LogP contribution in [0.2, 0.25) is 5.02 Å². The average molecular weight is 246 g/mol. The van der Waals surface area contributed by atoms with Gasteiger partial charge >= 0.3 is 0 Å². The first kappa shape index (κ1) is 13.5. The second-order valence-corrected chi connectivity index (χ2v) is 5.38. The van der Waals surface area contributed by atoms with Gasteiger partial charge in [0, 0.05) is 13.1 Å². The fraction of sp³-hybridized carbons (Fsp3) is 0.727. The number of hydrogen-bond donors (Lipinski definition) is 2. The predicted octanol–water partition coefficient (Wildman–Crippen LogP) is 1.75. The minimum absolute atomic E-state index is 0.113. The number of aliphatic hydroxyl groups is 1. The molecule has 0 saturated carbocycles. The largest absolute Gasteiger partial charge is 0.382 e. The first-order chi connectivity index (χ1) is 7.28. The summed E-state index contributed by atoms with van der Waals surface area (Å²) < 4.78 is 1.69. The topological polar surface area (TPSA) is 64.1 Å². The summed E-state index contributed by atoms with van der Waals surface area (Å²) >= 11 is 6.09. The maximum absolute atomic E-state index is 10.7. The third-order valence-corrected chi connectivity index (χ3v) is 3.30. The van der Waals surface area contributed by atoms with Gasteiger partial charge in [0.1, 0.15) is 5.60 Å². The van der Waals surface area contributed by atoms with Crippen LogP contribution in [0.4, 0.5) is 0 Å². The molecular weight excluding hydrogens is 226 g/mol. The second kappa shape index (κ2) is 4.35. The summed E-state index contributed by atoms with van der Waals surface area (Å²) in [5.41, 5.74) is 4.76. The Hall–Kier alpha value is -0.580. The standard InChI is InChI=1S/C11H20ClN3O/c1-5-15-9(8(12)6-14-15)11(16,7-13)10(2,3)4/h6,16H,5,7,13H2,1-4H3. The Morgan fingerprint density at radius 3 is 2.44 bits per heavy atom. The lowest BCUT2D eigenvalue weighted by Crippen LogP contribution is -2.48. The number of nitrogens with two attached hydrogens (primary N) is 1. The highest BCUT2D eigenvalue weighted by atomic mass is 35.5. The molecule has 0 saturated heterocycles. The first-order valence-corrected chi connectivity index (χ1v) is 5.80. The normalized spacial score (nSPS) is 16.2. The molecule has 3 N–H and O–H groups in total. The van der Waals surface area contributed by atoms with Crippen LogP contribution in [0.15, 0.2) is 6.20 Å². The zero-order valence-corrected chi connectivity index (χ0v) is 11.0. The maximum atomic E-state index is 10.7. The molecule has 1 unspecified atom stereocenters. The van der Waals surface area contributed by atoms with E-state index in [4.69, 9.17) is 17.3 Å². The average Bonchev–Trinajstić information content (AvgIpc) is 2.57. The van der Waals surface area contributed by atoms with Crippen LogP contribution in [0.3, 0.4) is 0 Å². The van der Waals surface area contributed by atoms with Gasteiger partial charge in [-0.1, -0.05) is 32.4 Å². The van der Waals surface area contributed by atoms with Crippen LogP contribution in [0.1, 0.15) is 33.4 Å². The number of aryl methyl sites for hydroxylation is 1. The van der Waals surface area contributed by atoms with E-state index >= 15 is 0 Å². The molecule has 0 bridgehead atoms. The van der Waals surface area contributed by atoms with E-state index < -0.39 is 11.0 Å². The predicted molar refractivity (Wildman–Crippen MR) is 65.3 cm³/mol. The SMILES string of the molecule is CCn1ncc(Cl)c1C(O)(CN)C(C)(C)C. The molecule has 0 aromatic carbocycles. The van der Waals surface area contributed by atoms with Crippen molar-refractivity contribution in [2.24, 2.45) is 11.1 Å². The fourth-order valence-electron chi connectivity index (χ4n) is 1.77. The van der Waals surface area contributed by atoms with Gasteiger partial charge < -0.3 is 10.8 Å². The van der Waals surface area contributed by atoms with Gasteiger partial charge in [-0.05, 0) is 12.3 Å². The van der Waals surface area contributed by atoms with Gasteiger partial charge in [-0.15, -0.1) is 0 Å². The summed E-state index contributed by atoms with van der Waals surface area (Å²) in [6.07, 6.45) is 1.55. The Labute approximate surface area is 101 Å². The molecule has 0 spiro atoms. The minimum Gasteiger partial charge on any atom is -0.382 e. The zero-order chi connectivity index (χ0) is 12.6. The molecule has 1 heterocycles. The lowest BCUT2D eigenvalue weighted by atomic mass is 9.74. The Kier molecular flexibility index (Phi) is 3.67. The Morgan fingerprint density at radius 2 is 2.06 bits per heavy atom. The molecule has 1 aromatic rings. The maximum Gasteiger partial charge on any atom is 0.125 e. The summed E-state index contributed by atoms with van der Waals surface area (Å²) in [5.74, 6) is 0. The van der Waals surface area contributed by atoms with Crippen LogP contribution in [0.25, 0.3) is 0 Å². The van der Waals surface area contributed by atoms with Crippen molar-refractivity contribution in [1.82, 2.24) is 9.78 Å². The molecule has 16 heavy (non-hydrogen) atoms. The Morgan fingerprint density at radius 1 is 1.50 bits per heavy atom. The number of halogens is 1. The van der Waals surface area contributed by atoms with Crippen molar-refractivity contribution in [3.8, 4) is 0 Å². The number of rotatable bonds is 3. The number of hydrogen-bond acceptors (Lipinski definition) is 3. The van der Waals surface area contributed by atoms with Gasteiger partial charge in [0.05, 0.1) is 16.9 Å². The third-order valence-electron chi connectivity index (χ3n) is 3.02. The van der Waals surface area contributed by atoms with E-state index in [1.54, 1.807) is 10.9 Å². The summed E-state index contributed by atoms with van der Waals surface area (Å²) in [6, 6.07) is 0. The van der Waals surface area contributed by atoms with E-state index in [1.807, 2.05) is 27.7 Å². The van der Waals surface area contributed by atoms with Gasteiger partial charge in [-0.2, -0.15) is 5.10 Å². The molecule has 1 atom stereocenters. The highest BCUT2D eigenvalue weighted by Crippen LogP contribution is 2.41. The summed E-state index contributed by atoms with van der Waals surface area (Å²) in [7, 11) is 0. The third kappa shape index (κ3) is 1.97. The van der Waals surface area contributed by atoms with Crippen molar-refractivity contribution >= 4 is 11.6 Å². The smallest absolute Gasteiger partial charge is 0.125 e. The summed E-state index contributed by atoms with van der Waals surface area (Å²) in [6.45, 7) is 8.52. The summed E-state index contributed by atoms with van der Waals surface area (Å²) in [4.78, 5) is 0. The van der Waals surface area contributed by atoms with Crippen molar-refractivity contribution < 1.29 is 5.11 Å². The zero-order valence-electron chi connectivity index (χ0n) is 10.3. The second-order valence-electron chi connectivity index (χ2n) is 4.97. The van der Waals surface area contributed by atoms with Crippen LogP contribution in [0.5, 0.6) is 0 Å². The molecule has 0 aliphatic carbocycles.